The molecule has 0 bridgehead atoms. The average Bonchev–Trinajstić information content (AvgIpc) is 2.93. The first-order valence-corrected chi connectivity index (χ1v) is 13.1. The van der Waals surface area contributed by atoms with Crippen LogP contribution in [0.4, 0.5) is 5.69 Å². The van der Waals surface area contributed by atoms with E-state index in [0.717, 1.165) is 0 Å². The van der Waals surface area contributed by atoms with Crippen LogP contribution < -0.4 is 15.5 Å². The highest BCUT2D eigenvalue weighted by Crippen LogP contribution is 2.23. The Morgan fingerprint density at radius 2 is 1.70 bits per heavy atom. The molecule has 0 aliphatic carbocycles. The van der Waals surface area contributed by atoms with Crippen LogP contribution in [0.3, 0.4) is 0 Å². The second kappa shape index (κ2) is 14.5. The molecule has 0 radical (unpaired) electrons. The van der Waals surface area contributed by atoms with E-state index in [-0.39, 0.29) is 23.3 Å². The van der Waals surface area contributed by atoms with Crippen LogP contribution in [0.25, 0.3) is 0 Å². The minimum Gasteiger partial charge on any atom is -0.427 e. The largest absolute Gasteiger partial charge is 0.453 e. The maximum absolute atomic E-state index is 13.6. The van der Waals surface area contributed by atoms with Crippen LogP contribution >= 0.6 is 23.2 Å². The summed E-state index contributed by atoms with van der Waals surface area (Å²) in [5.41, 5.74) is 1.96. The molecule has 3 aromatic rings. The molecule has 206 valence electrons. The third kappa shape index (κ3) is 8.60. The summed E-state index contributed by atoms with van der Waals surface area (Å²) in [4.78, 5) is 40.5. The number of amides is 3. The second-order valence-corrected chi connectivity index (χ2v) is 9.80. The van der Waals surface area contributed by atoms with Gasteiger partial charge in [-0.1, -0.05) is 71.6 Å². The van der Waals surface area contributed by atoms with E-state index < -0.39 is 36.9 Å². The predicted octanol–water partition coefficient (Wildman–Crippen LogP) is 3.65. The molecular weight excluding hydrogens is 552 g/mol. The number of rotatable bonds is 10. The zero-order valence-electron chi connectivity index (χ0n) is 21.9. The molecule has 0 aromatic heterocycles. The van der Waals surface area contributed by atoms with Crippen LogP contribution in [-0.4, -0.2) is 48.0 Å². The van der Waals surface area contributed by atoms with Crippen LogP contribution in [0.2, 0.25) is 16.4 Å². The van der Waals surface area contributed by atoms with E-state index >= 15 is 0 Å². The number of nitrogens with one attached hydrogen (secondary N) is 2. The lowest BCUT2D eigenvalue weighted by Crippen LogP contribution is -2.49. The van der Waals surface area contributed by atoms with E-state index in [9.17, 15) is 24.4 Å². The lowest BCUT2D eigenvalue weighted by molar-refractivity contribution is -0.123. The van der Waals surface area contributed by atoms with Gasteiger partial charge in [0, 0.05) is 30.5 Å². The highest BCUT2D eigenvalue weighted by Gasteiger charge is 2.28. The van der Waals surface area contributed by atoms with Gasteiger partial charge in [0.25, 0.3) is 5.91 Å². The molecule has 3 amide bonds. The van der Waals surface area contributed by atoms with Gasteiger partial charge in [-0.3, -0.25) is 14.4 Å². The first-order valence-electron chi connectivity index (χ1n) is 12.4. The van der Waals surface area contributed by atoms with Crippen molar-refractivity contribution in [2.24, 2.45) is 0 Å². The van der Waals surface area contributed by atoms with Crippen LogP contribution in [0.15, 0.2) is 72.8 Å². The fraction of sp³-hybridized carbons (Fsp3) is 0.207. The molecule has 0 heterocycles. The van der Waals surface area contributed by atoms with E-state index in [1.807, 2.05) is 0 Å². The summed E-state index contributed by atoms with van der Waals surface area (Å²) in [5, 5.41) is 25.3. The van der Waals surface area contributed by atoms with E-state index in [4.69, 9.17) is 23.2 Å². The van der Waals surface area contributed by atoms with E-state index in [1.54, 1.807) is 74.6 Å². The highest BCUT2D eigenvalue weighted by atomic mass is 35.5. The summed E-state index contributed by atoms with van der Waals surface area (Å²) in [6.45, 7) is 1.57. The Morgan fingerprint density at radius 1 is 0.975 bits per heavy atom. The highest BCUT2D eigenvalue weighted by molar-refractivity contribution is 6.41. The van der Waals surface area contributed by atoms with Crippen molar-refractivity contribution in [3.8, 4) is 11.8 Å². The van der Waals surface area contributed by atoms with Gasteiger partial charge in [0.15, 0.2) is 0 Å². The molecule has 11 heteroatoms. The standard InChI is InChI=1S/C29H28BCl2N3O5/c1-3-8-27(36)35(2)22-12-7-9-19(15-22)16-25(33-28(37)23-17-21(31)13-14-24(23)32)29(38)34-26(18-30(39)40)20-10-5-4-6-11-20/h4-7,9-15,17,25-26,39-40H,16,18H2,1-2H3,(H,33,37)(H,34,38)/t25-,26+/m0/s1. The van der Waals surface area contributed by atoms with Crippen molar-refractivity contribution in [1.29, 1.82) is 0 Å². The first-order chi connectivity index (χ1) is 19.1. The van der Waals surface area contributed by atoms with Crippen molar-refractivity contribution in [3.05, 3.63) is 99.5 Å². The van der Waals surface area contributed by atoms with Crippen molar-refractivity contribution in [2.75, 3.05) is 11.9 Å². The molecule has 0 aliphatic rings. The molecule has 0 saturated heterocycles. The summed E-state index contributed by atoms with van der Waals surface area (Å²) in [6.07, 6.45) is -0.119. The molecule has 0 aliphatic heterocycles. The van der Waals surface area contributed by atoms with Gasteiger partial charge in [0.05, 0.1) is 16.6 Å². The molecule has 3 rings (SSSR count). The lowest BCUT2D eigenvalue weighted by Gasteiger charge is -2.24. The van der Waals surface area contributed by atoms with E-state index in [0.29, 0.717) is 21.8 Å². The van der Waals surface area contributed by atoms with Crippen LogP contribution in [0.1, 0.15) is 34.5 Å². The lowest BCUT2D eigenvalue weighted by atomic mass is 9.79. The molecule has 0 unspecified atom stereocenters. The van der Waals surface area contributed by atoms with Gasteiger partial charge in [-0.05, 0) is 54.3 Å². The molecule has 8 nitrogen and oxygen atoms in total. The minimum atomic E-state index is -1.68. The number of hydrogen-bond acceptors (Lipinski definition) is 5. The topological polar surface area (TPSA) is 119 Å². The fourth-order valence-electron chi connectivity index (χ4n) is 4.00. The Bertz CT molecular complexity index is 1430. The minimum absolute atomic E-state index is 0.0499. The maximum atomic E-state index is 13.6. The van der Waals surface area contributed by atoms with Crippen molar-refractivity contribution in [3.63, 3.8) is 0 Å². The van der Waals surface area contributed by atoms with Crippen molar-refractivity contribution < 1.29 is 24.4 Å². The van der Waals surface area contributed by atoms with Gasteiger partial charge < -0.3 is 25.6 Å². The number of halogens is 2. The number of carbonyl (C=O) groups is 3. The number of carbonyl (C=O) groups excluding carboxylic acids is 3. The molecule has 4 N–H and O–H groups in total. The fourth-order valence-corrected chi connectivity index (χ4v) is 4.37. The summed E-state index contributed by atoms with van der Waals surface area (Å²) >= 11 is 12.3. The monoisotopic (exact) mass is 579 g/mol. The molecular formula is C29H28BCl2N3O5. The Hall–Kier alpha value is -3.81. The Morgan fingerprint density at radius 3 is 2.38 bits per heavy atom. The third-order valence-electron chi connectivity index (χ3n) is 6.03. The SMILES string of the molecule is CC#CC(=O)N(C)c1cccc(C[C@H](NC(=O)c2cc(Cl)ccc2Cl)C(=O)N[C@H](CB(O)O)c2ccccc2)c1. The average molecular weight is 580 g/mol. The maximum Gasteiger partial charge on any atom is 0.453 e. The molecule has 3 aromatic carbocycles. The van der Waals surface area contributed by atoms with Gasteiger partial charge in [0.1, 0.15) is 6.04 Å². The molecule has 0 fully saturated rings. The van der Waals surface area contributed by atoms with Gasteiger partial charge in [0.2, 0.25) is 5.91 Å². The van der Waals surface area contributed by atoms with E-state index in [2.05, 4.69) is 22.5 Å². The summed E-state index contributed by atoms with van der Waals surface area (Å²) < 4.78 is 0. The Balaban J connectivity index is 1.93. The summed E-state index contributed by atoms with van der Waals surface area (Å²) in [7, 11) is -0.0939. The predicted molar refractivity (Wildman–Crippen MR) is 157 cm³/mol. The van der Waals surface area contributed by atoms with Crippen LogP contribution in [0, 0.1) is 11.8 Å². The Kier molecular flexibility index (Phi) is 11.2. The van der Waals surface area contributed by atoms with Gasteiger partial charge in [-0.2, -0.15) is 0 Å². The zero-order valence-corrected chi connectivity index (χ0v) is 23.4. The van der Waals surface area contributed by atoms with Crippen molar-refractivity contribution in [1.82, 2.24) is 10.6 Å². The quantitative estimate of drug-likeness (QED) is 0.216. The third-order valence-corrected chi connectivity index (χ3v) is 6.60. The second-order valence-electron chi connectivity index (χ2n) is 8.95. The van der Waals surface area contributed by atoms with Crippen LogP contribution in [0.5, 0.6) is 0 Å². The molecule has 40 heavy (non-hydrogen) atoms. The van der Waals surface area contributed by atoms with Gasteiger partial charge in [-0.15, -0.1) is 0 Å². The Labute approximate surface area is 243 Å². The summed E-state index contributed by atoms with van der Waals surface area (Å²) in [5.74, 6) is 3.48. The molecule has 0 spiro atoms. The van der Waals surface area contributed by atoms with Gasteiger partial charge >= 0.3 is 13.0 Å². The van der Waals surface area contributed by atoms with Crippen molar-refractivity contribution in [2.45, 2.75) is 31.7 Å². The number of anilines is 1. The summed E-state index contributed by atoms with van der Waals surface area (Å²) in [6, 6.07) is 18.4. The van der Waals surface area contributed by atoms with Gasteiger partial charge in [-0.25, -0.2) is 0 Å². The number of hydrogen-bond donors (Lipinski definition) is 4. The molecule has 2 atom stereocenters. The number of nitrogens with zero attached hydrogens (tertiary/aromatic N) is 1. The van der Waals surface area contributed by atoms with Crippen molar-refractivity contribution >= 4 is 53.7 Å². The smallest absolute Gasteiger partial charge is 0.427 e. The number of benzene rings is 3. The molecule has 0 saturated carbocycles. The van der Waals surface area contributed by atoms with Crippen LogP contribution in [-0.2, 0) is 16.0 Å². The zero-order chi connectivity index (χ0) is 29.2. The first kappa shape index (κ1) is 30.7. The van der Waals surface area contributed by atoms with E-state index in [1.165, 1.54) is 17.0 Å². The normalized spacial score (nSPS) is 11.8.